The fourth-order valence-corrected chi connectivity index (χ4v) is 2.65. The summed E-state index contributed by atoms with van der Waals surface area (Å²) in [4.78, 5) is 13.4. The third-order valence-electron chi connectivity index (χ3n) is 3.82. The Labute approximate surface area is 129 Å². The van der Waals surface area contributed by atoms with Gasteiger partial charge in [-0.25, -0.2) is 9.97 Å². The van der Waals surface area contributed by atoms with Crippen molar-refractivity contribution < 1.29 is 0 Å². The van der Waals surface area contributed by atoms with E-state index in [2.05, 4.69) is 36.0 Å². The molecule has 0 aromatic carbocycles. The fourth-order valence-electron chi connectivity index (χ4n) is 2.65. The normalized spacial score (nSPS) is 15.8. The van der Waals surface area contributed by atoms with Crippen LogP contribution < -0.4 is 4.90 Å². The quantitative estimate of drug-likeness (QED) is 0.910. The number of aromatic nitrogens is 4. The molecular formula is C15H19N7. The molecule has 7 nitrogen and oxygen atoms in total. The van der Waals surface area contributed by atoms with Crippen molar-refractivity contribution in [2.45, 2.75) is 20.4 Å². The van der Waals surface area contributed by atoms with E-state index in [0.29, 0.717) is 5.56 Å². The Balaban J connectivity index is 1.64. The van der Waals surface area contributed by atoms with Crippen LogP contribution in [0, 0.1) is 25.2 Å². The fraction of sp³-hybridized carbons (Fsp3) is 0.467. The van der Waals surface area contributed by atoms with Gasteiger partial charge in [0.05, 0.1) is 12.1 Å². The minimum absolute atomic E-state index is 0.642. The summed E-state index contributed by atoms with van der Waals surface area (Å²) in [6.07, 6.45) is 0. The topological polar surface area (TPSA) is 84.7 Å². The van der Waals surface area contributed by atoms with E-state index in [1.165, 1.54) is 0 Å². The summed E-state index contributed by atoms with van der Waals surface area (Å²) in [7, 11) is 0. The molecule has 3 heterocycles. The average molecular weight is 297 g/mol. The van der Waals surface area contributed by atoms with Crippen molar-refractivity contribution in [1.29, 1.82) is 5.26 Å². The molecule has 2 aromatic heterocycles. The highest BCUT2D eigenvalue weighted by Crippen LogP contribution is 2.19. The first kappa shape index (κ1) is 14.5. The van der Waals surface area contributed by atoms with Crippen molar-refractivity contribution >= 4 is 5.82 Å². The maximum absolute atomic E-state index is 9.24. The Morgan fingerprint density at radius 2 is 1.95 bits per heavy atom. The standard InChI is InChI=1S/C15H19N7/c1-11-3-4-13(9-16)15(17-11)22-7-5-21(6-8-22)10-14-18-12(2)19-20-14/h3-4H,5-8,10H2,1-2H3,(H,18,19,20). The summed E-state index contributed by atoms with van der Waals surface area (Å²) >= 11 is 0. The Bertz CT molecular complexity index is 692. The number of aryl methyl sites for hydroxylation is 2. The molecule has 0 aliphatic carbocycles. The van der Waals surface area contributed by atoms with Crippen molar-refractivity contribution in [3.8, 4) is 6.07 Å². The Morgan fingerprint density at radius 3 is 2.59 bits per heavy atom. The predicted octanol–water partition coefficient (Wildman–Crippen LogP) is 1.01. The van der Waals surface area contributed by atoms with Crippen LogP contribution in [0.1, 0.15) is 22.9 Å². The zero-order chi connectivity index (χ0) is 15.5. The number of anilines is 1. The van der Waals surface area contributed by atoms with Gasteiger partial charge in [-0.05, 0) is 26.0 Å². The number of piperazine rings is 1. The number of H-pyrrole nitrogens is 1. The molecule has 22 heavy (non-hydrogen) atoms. The van der Waals surface area contributed by atoms with E-state index in [9.17, 15) is 5.26 Å². The van der Waals surface area contributed by atoms with Crippen molar-refractivity contribution in [1.82, 2.24) is 25.1 Å². The number of pyridine rings is 1. The lowest BCUT2D eigenvalue weighted by Crippen LogP contribution is -2.46. The molecule has 0 spiro atoms. The van der Waals surface area contributed by atoms with Crippen LogP contribution in [0.5, 0.6) is 0 Å². The van der Waals surface area contributed by atoms with Gasteiger partial charge in [-0.3, -0.25) is 10.00 Å². The second-order valence-electron chi connectivity index (χ2n) is 5.54. The lowest BCUT2D eigenvalue weighted by Gasteiger charge is -2.35. The van der Waals surface area contributed by atoms with Gasteiger partial charge in [0.1, 0.15) is 17.7 Å². The number of nitriles is 1. The molecule has 0 bridgehead atoms. The highest BCUT2D eigenvalue weighted by molar-refractivity contribution is 5.54. The van der Waals surface area contributed by atoms with E-state index in [0.717, 1.165) is 55.9 Å². The van der Waals surface area contributed by atoms with Crippen LogP contribution in [0.4, 0.5) is 5.82 Å². The van der Waals surface area contributed by atoms with Gasteiger partial charge in [0.25, 0.3) is 0 Å². The van der Waals surface area contributed by atoms with Gasteiger partial charge < -0.3 is 4.90 Å². The molecule has 7 heteroatoms. The summed E-state index contributed by atoms with van der Waals surface area (Å²) < 4.78 is 0. The van der Waals surface area contributed by atoms with Crippen LogP contribution >= 0.6 is 0 Å². The molecule has 0 saturated carbocycles. The van der Waals surface area contributed by atoms with Crippen LogP contribution in [-0.2, 0) is 6.54 Å². The van der Waals surface area contributed by atoms with Crippen LogP contribution in [0.3, 0.4) is 0 Å². The number of nitrogens with zero attached hydrogens (tertiary/aromatic N) is 6. The number of rotatable bonds is 3. The smallest absolute Gasteiger partial charge is 0.164 e. The Hall–Kier alpha value is -2.46. The first-order valence-electron chi connectivity index (χ1n) is 7.38. The van der Waals surface area contributed by atoms with Crippen molar-refractivity contribution in [3.05, 3.63) is 35.0 Å². The highest BCUT2D eigenvalue weighted by atomic mass is 15.3. The number of hydrogen-bond acceptors (Lipinski definition) is 6. The van der Waals surface area contributed by atoms with Crippen LogP contribution in [0.2, 0.25) is 0 Å². The monoisotopic (exact) mass is 297 g/mol. The molecule has 0 unspecified atom stereocenters. The summed E-state index contributed by atoms with van der Waals surface area (Å²) in [5.41, 5.74) is 1.58. The zero-order valence-electron chi connectivity index (χ0n) is 12.9. The first-order valence-corrected chi connectivity index (χ1v) is 7.38. The molecule has 3 rings (SSSR count). The molecule has 0 atom stereocenters. The molecule has 1 fully saturated rings. The second-order valence-corrected chi connectivity index (χ2v) is 5.54. The molecule has 2 aromatic rings. The van der Waals surface area contributed by atoms with Gasteiger partial charge in [-0.1, -0.05) is 0 Å². The molecule has 1 aliphatic heterocycles. The summed E-state index contributed by atoms with van der Waals surface area (Å²) in [5, 5.41) is 16.3. The molecule has 1 aliphatic rings. The van der Waals surface area contributed by atoms with E-state index < -0.39 is 0 Å². The minimum atomic E-state index is 0.642. The van der Waals surface area contributed by atoms with Crippen molar-refractivity contribution in [2.75, 3.05) is 31.1 Å². The average Bonchev–Trinajstić information content (AvgIpc) is 2.93. The highest BCUT2D eigenvalue weighted by Gasteiger charge is 2.21. The lowest BCUT2D eigenvalue weighted by molar-refractivity contribution is 0.243. The molecule has 0 radical (unpaired) electrons. The first-order chi connectivity index (χ1) is 10.7. The van der Waals surface area contributed by atoms with Crippen molar-refractivity contribution in [3.63, 3.8) is 0 Å². The van der Waals surface area contributed by atoms with Crippen LogP contribution in [0.25, 0.3) is 0 Å². The van der Waals surface area contributed by atoms with E-state index in [-0.39, 0.29) is 0 Å². The van der Waals surface area contributed by atoms with E-state index in [1.54, 1.807) is 0 Å². The van der Waals surface area contributed by atoms with Crippen LogP contribution in [-0.4, -0.2) is 51.2 Å². The molecule has 0 amide bonds. The third-order valence-corrected chi connectivity index (χ3v) is 3.82. The van der Waals surface area contributed by atoms with Gasteiger partial charge in [-0.15, -0.1) is 0 Å². The number of hydrogen-bond donors (Lipinski definition) is 1. The summed E-state index contributed by atoms with van der Waals surface area (Å²) in [6.45, 7) is 8.14. The Morgan fingerprint density at radius 1 is 1.18 bits per heavy atom. The minimum Gasteiger partial charge on any atom is -0.353 e. The largest absolute Gasteiger partial charge is 0.353 e. The third kappa shape index (κ3) is 3.07. The van der Waals surface area contributed by atoms with Gasteiger partial charge in [0.2, 0.25) is 0 Å². The summed E-state index contributed by atoms with van der Waals surface area (Å²) in [6, 6.07) is 5.96. The molecule has 1 N–H and O–H groups in total. The van der Waals surface area contributed by atoms with Crippen molar-refractivity contribution in [2.24, 2.45) is 0 Å². The van der Waals surface area contributed by atoms with E-state index >= 15 is 0 Å². The number of aromatic amines is 1. The van der Waals surface area contributed by atoms with Gasteiger partial charge in [0.15, 0.2) is 5.82 Å². The van der Waals surface area contributed by atoms with E-state index in [4.69, 9.17) is 0 Å². The maximum Gasteiger partial charge on any atom is 0.164 e. The van der Waals surface area contributed by atoms with Gasteiger partial charge in [-0.2, -0.15) is 10.4 Å². The number of nitrogens with one attached hydrogen (secondary N) is 1. The van der Waals surface area contributed by atoms with Gasteiger partial charge >= 0.3 is 0 Å². The zero-order valence-corrected chi connectivity index (χ0v) is 12.9. The molecular weight excluding hydrogens is 278 g/mol. The predicted molar refractivity (Wildman–Crippen MR) is 82.3 cm³/mol. The maximum atomic E-state index is 9.24. The second kappa shape index (κ2) is 6.12. The summed E-state index contributed by atoms with van der Waals surface area (Å²) in [5.74, 6) is 2.48. The lowest BCUT2D eigenvalue weighted by atomic mass is 10.2. The van der Waals surface area contributed by atoms with Crippen LogP contribution in [0.15, 0.2) is 12.1 Å². The molecule has 1 saturated heterocycles. The van der Waals surface area contributed by atoms with E-state index in [1.807, 2.05) is 26.0 Å². The SMILES string of the molecule is Cc1ccc(C#N)c(N2CCN(Cc3n[nH]c(C)n3)CC2)n1. The van der Waals surface area contributed by atoms with Gasteiger partial charge in [0, 0.05) is 31.9 Å². The molecule has 114 valence electrons. The Kier molecular flexibility index (Phi) is 4.02.